The third kappa shape index (κ3) is 2.57. The van der Waals surface area contributed by atoms with E-state index in [-0.39, 0.29) is 37.1 Å². The van der Waals surface area contributed by atoms with Crippen molar-refractivity contribution >= 4 is 11.9 Å². The Bertz CT molecular complexity index is 680. The SMILES string of the molecule is COC(=O)C=CC(=O)OCCn1c(O)c2c(c1O)[C@H]1C=CC2O1. The zero-order valence-corrected chi connectivity index (χ0v) is 12.3. The lowest BCUT2D eigenvalue weighted by Crippen LogP contribution is -2.10. The highest BCUT2D eigenvalue weighted by Crippen LogP contribution is 2.54. The fourth-order valence-electron chi connectivity index (χ4n) is 2.67. The van der Waals surface area contributed by atoms with Gasteiger partial charge in [0.05, 0.1) is 24.8 Å². The van der Waals surface area contributed by atoms with Crippen molar-refractivity contribution in [3.05, 3.63) is 35.4 Å². The Hall–Kier alpha value is -2.74. The Kier molecular flexibility index (Phi) is 3.83. The van der Waals surface area contributed by atoms with Gasteiger partial charge in [-0.1, -0.05) is 12.2 Å². The van der Waals surface area contributed by atoms with Crippen LogP contribution in [0.25, 0.3) is 0 Å². The summed E-state index contributed by atoms with van der Waals surface area (Å²) in [4.78, 5) is 22.2. The van der Waals surface area contributed by atoms with Gasteiger partial charge in [0.15, 0.2) is 0 Å². The van der Waals surface area contributed by atoms with E-state index in [9.17, 15) is 19.8 Å². The van der Waals surface area contributed by atoms with Gasteiger partial charge in [-0.25, -0.2) is 9.59 Å². The van der Waals surface area contributed by atoms with Crippen LogP contribution in [0, 0.1) is 0 Å². The number of hydrogen-bond acceptors (Lipinski definition) is 7. The molecule has 3 rings (SSSR count). The molecule has 0 aliphatic carbocycles. The third-order valence-corrected chi connectivity index (χ3v) is 3.72. The standard InChI is InChI=1S/C15H15NO7/c1-21-10(17)4-5-11(18)22-7-6-16-14(19)12-8-2-3-9(23-8)13(12)15(16)20/h2-5,8-9,19-20H,6-7H2,1H3/t8-,9?/m1/s1. The summed E-state index contributed by atoms with van der Waals surface area (Å²) in [5.41, 5.74) is 1.10. The lowest BCUT2D eigenvalue weighted by molar-refractivity contribution is -0.139. The first-order valence-electron chi connectivity index (χ1n) is 6.93. The molecule has 122 valence electrons. The van der Waals surface area contributed by atoms with E-state index in [1.54, 1.807) is 0 Å². The topological polar surface area (TPSA) is 107 Å². The molecule has 2 aliphatic rings. The number of methoxy groups -OCH3 is 1. The fourth-order valence-corrected chi connectivity index (χ4v) is 2.67. The molecule has 0 aromatic carbocycles. The Morgan fingerprint density at radius 3 is 2.30 bits per heavy atom. The predicted molar refractivity (Wildman–Crippen MR) is 75.6 cm³/mol. The zero-order valence-electron chi connectivity index (χ0n) is 12.3. The van der Waals surface area contributed by atoms with E-state index in [0.717, 1.165) is 12.2 Å². The van der Waals surface area contributed by atoms with Crippen LogP contribution in [0.4, 0.5) is 0 Å². The van der Waals surface area contributed by atoms with Crippen LogP contribution < -0.4 is 0 Å². The molecule has 2 bridgehead atoms. The summed E-state index contributed by atoms with van der Waals surface area (Å²) < 4.78 is 16.0. The number of carbonyl (C=O) groups excluding carboxylic acids is 2. The molecule has 3 heterocycles. The van der Waals surface area contributed by atoms with Gasteiger partial charge in [0.25, 0.3) is 0 Å². The van der Waals surface area contributed by atoms with E-state index in [1.807, 2.05) is 12.2 Å². The first-order chi connectivity index (χ1) is 11.0. The summed E-state index contributed by atoms with van der Waals surface area (Å²) in [6.45, 7) is -0.00937. The van der Waals surface area contributed by atoms with Crippen LogP contribution in [0.2, 0.25) is 0 Å². The number of rotatable bonds is 5. The van der Waals surface area contributed by atoms with E-state index in [1.165, 1.54) is 11.7 Å². The molecule has 1 aromatic rings. The van der Waals surface area contributed by atoms with Gasteiger partial charge in [-0.15, -0.1) is 0 Å². The fraction of sp³-hybridized carbons (Fsp3) is 0.333. The molecule has 0 radical (unpaired) electrons. The van der Waals surface area contributed by atoms with Crippen molar-refractivity contribution in [3.8, 4) is 11.8 Å². The van der Waals surface area contributed by atoms with Crippen molar-refractivity contribution in [3.63, 3.8) is 0 Å². The lowest BCUT2D eigenvalue weighted by atomic mass is 10.0. The Labute approximate surface area is 131 Å². The molecule has 0 spiro atoms. The van der Waals surface area contributed by atoms with Gasteiger partial charge < -0.3 is 24.4 Å². The minimum atomic E-state index is -0.723. The largest absolute Gasteiger partial charge is 0.494 e. The number of esters is 2. The van der Waals surface area contributed by atoms with E-state index >= 15 is 0 Å². The van der Waals surface area contributed by atoms with Crippen molar-refractivity contribution in [2.45, 2.75) is 18.8 Å². The first kappa shape index (κ1) is 15.2. The van der Waals surface area contributed by atoms with E-state index in [4.69, 9.17) is 9.47 Å². The molecule has 8 nitrogen and oxygen atoms in total. The van der Waals surface area contributed by atoms with Gasteiger partial charge >= 0.3 is 11.9 Å². The van der Waals surface area contributed by atoms with Gasteiger partial charge in [0, 0.05) is 12.2 Å². The summed E-state index contributed by atoms with van der Waals surface area (Å²) in [6.07, 6.45) is 4.81. The van der Waals surface area contributed by atoms with Gasteiger partial charge in [-0.2, -0.15) is 0 Å². The van der Waals surface area contributed by atoms with E-state index in [0.29, 0.717) is 11.1 Å². The molecule has 0 amide bonds. The Balaban J connectivity index is 1.61. The highest BCUT2D eigenvalue weighted by atomic mass is 16.5. The molecule has 2 N–H and O–H groups in total. The van der Waals surface area contributed by atoms with Crippen LogP contribution >= 0.6 is 0 Å². The second-order valence-electron chi connectivity index (χ2n) is 5.01. The number of ether oxygens (including phenoxy) is 3. The molecule has 0 fully saturated rings. The van der Waals surface area contributed by atoms with Crippen LogP contribution in [0.3, 0.4) is 0 Å². The molecule has 0 saturated heterocycles. The van der Waals surface area contributed by atoms with Gasteiger partial charge in [-0.3, -0.25) is 4.57 Å². The molecule has 2 aliphatic heterocycles. The molecule has 23 heavy (non-hydrogen) atoms. The number of nitrogens with zero attached hydrogens (tertiary/aromatic N) is 1. The number of aromatic nitrogens is 1. The van der Waals surface area contributed by atoms with Gasteiger partial charge in [0.2, 0.25) is 11.8 Å². The maximum atomic E-state index is 11.4. The van der Waals surface area contributed by atoms with Crippen LogP contribution in [-0.2, 0) is 30.3 Å². The molecule has 1 aromatic heterocycles. The van der Waals surface area contributed by atoms with Crippen molar-refractivity contribution in [2.24, 2.45) is 0 Å². The van der Waals surface area contributed by atoms with Crippen molar-refractivity contribution in [1.29, 1.82) is 0 Å². The molecular weight excluding hydrogens is 306 g/mol. The molecule has 0 saturated carbocycles. The number of hydrogen-bond donors (Lipinski definition) is 2. The molecular formula is C15H15NO7. The summed E-state index contributed by atoms with van der Waals surface area (Å²) in [5.74, 6) is -1.59. The number of aromatic hydroxyl groups is 2. The quantitative estimate of drug-likeness (QED) is 0.470. The molecule has 8 heteroatoms. The minimum Gasteiger partial charge on any atom is -0.494 e. The van der Waals surface area contributed by atoms with Crippen molar-refractivity contribution < 1.29 is 34.0 Å². The minimum absolute atomic E-state index is 0.0713. The second-order valence-corrected chi connectivity index (χ2v) is 5.01. The second kappa shape index (κ2) is 5.81. The van der Waals surface area contributed by atoms with Crippen LogP contribution in [0.1, 0.15) is 23.3 Å². The predicted octanol–water partition coefficient (Wildman–Crippen LogP) is 0.854. The number of carbonyl (C=O) groups is 2. The summed E-state index contributed by atoms with van der Waals surface area (Å²) >= 11 is 0. The zero-order chi connectivity index (χ0) is 16.6. The van der Waals surface area contributed by atoms with E-state index < -0.39 is 11.9 Å². The van der Waals surface area contributed by atoms with Crippen LogP contribution in [-0.4, -0.2) is 40.4 Å². The highest BCUT2D eigenvalue weighted by molar-refractivity contribution is 5.91. The Morgan fingerprint density at radius 2 is 1.74 bits per heavy atom. The maximum absolute atomic E-state index is 11.4. The van der Waals surface area contributed by atoms with Crippen LogP contribution in [0.15, 0.2) is 24.3 Å². The van der Waals surface area contributed by atoms with Gasteiger partial charge in [-0.05, 0) is 0 Å². The summed E-state index contributed by atoms with van der Waals surface area (Å²) in [7, 11) is 1.19. The smallest absolute Gasteiger partial charge is 0.331 e. The maximum Gasteiger partial charge on any atom is 0.331 e. The molecule has 2 atom stereocenters. The Morgan fingerprint density at radius 1 is 1.17 bits per heavy atom. The average Bonchev–Trinajstić information content (AvgIpc) is 3.21. The highest BCUT2D eigenvalue weighted by Gasteiger charge is 2.42. The molecule has 1 unspecified atom stereocenters. The van der Waals surface area contributed by atoms with Crippen molar-refractivity contribution in [1.82, 2.24) is 4.57 Å². The number of fused-ring (bicyclic) bond motifs is 5. The summed E-state index contributed by atoms with van der Waals surface area (Å²) in [6, 6.07) is 0. The summed E-state index contributed by atoms with van der Waals surface area (Å²) in [5, 5.41) is 20.4. The van der Waals surface area contributed by atoms with Gasteiger partial charge in [0.1, 0.15) is 18.8 Å². The third-order valence-electron chi connectivity index (χ3n) is 3.72. The average molecular weight is 321 g/mol. The van der Waals surface area contributed by atoms with Crippen molar-refractivity contribution in [2.75, 3.05) is 13.7 Å². The van der Waals surface area contributed by atoms with Crippen LogP contribution in [0.5, 0.6) is 11.8 Å². The normalized spacial score (nSPS) is 20.9. The lowest BCUT2D eigenvalue weighted by Gasteiger charge is -2.10. The first-order valence-corrected chi connectivity index (χ1v) is 6.93. The van der Waals surface area contributed by atoms with E-state index in [2.05, 4.69) is 4.74 Å². The monoisotopic (exact) mass is 321 g/mol.